The molecule has 4 heteroatoms. The molecule has 2 rings (SSSR count). The Balaban J connectivity index is 2.00. The molecule has 3 nitrogen and oxygen atoms in total. The van der Waals surface area contributed by atoms with Crippen LogP contribution in [0.5, 0.6) is 0 Å². The number of hydrogen-bond acceptors (Lipinski definition) is 2. The van der Waals surface area contributed by atoms with Gasteiger partial charge in [0.15, 0.2) is 0 Å². The summed E-state index contributed by atoms with van der Waals surface area (Å²) >= 11 is 5.90. The number of rotatable bonds is 6. The first-order chi connectivity index (χ1) is 10.5. The standard InChI is InChI=1S/C18H20ClNO2/c1-13(18(21)22)11-20(2)12-14-3-5-15(6-4-14)16-7-9-17(19)10-8-16/h3-10,13H,11-12H2,1-2H3,(H,21,22). The van der Waals surface area contributed by atoms with E-state index in [1.165, 1.54) is 0 Å². The quantitative estimate of drug-likeness (QED) is 0.869. The molecule has 0 heterocycles. The molecule has 0 aliphatic heterocycles. The molecule has 0 saturated carbocycles. The van der Waals surface area contributed by atoms with Crippen LogP contribution in [0.15, 0.2) is 48.5 Å². The van der Waals surface area contributed by atoms with Gasteiger partial charge in [0.05, 0.1) is 5.92 Å². The van der Waals surface area contributed by atoms with E-state index in [2.05, 4.69) is 24.3 Å². The maximum absolute atomic E-state index is 10.9. The molecule has 0 bridgehead atoms. The van der Waals surface area contributed by atoms with Gasteiger partial charge in [-0.2, -0.15) is 0 Å². The molecular formula is C18H20ClNO2. The molecule has 0 aliphatic rings. The lowest BCUT2D eigenvalue weighted by Gasteiger charge is -2.19. The number of halogens is 1. The zero-order valence-corrected chi connectivity index (χ0v) is 13.5. The molecule has 1 unspecified atom stereocenters. The third-order valence-electron chi connectivity index (χ3n) is 3.59. The van der Waals surface area contributed by atoms with Crippen molar-refractivity contribution >= 4 is 17.6 Å². The van der Waals surface area contributed by atoms with Gasteiger partial charge in [0.1, 0.15) is 0 Å². The van der Waals surface area contributed by atoms with Crippen molar-refractivity contribution in [2.24, 2.45) is 5.92 Å². The van der Waals surface area contributed by atoms with Crippen LogP contribution in [0.4, 0.5) is 0 Å². The first-order valence-electron chi connectivity index (χ1n) is 7.22. The Hall–Kier alpha value is -1.84. The topological polar surface area (TPSA) is 40.5 Å². The van der Waals surface area contributed by atoms with Crippen LogP contribution in [0.2, 0.25) is 5.02 Å². The Morgan fingerprint density at radius 3 is 2.09 bits per heavy atom. The van der Waals surface area contributed by atoms with Crippen LogP contribution in [0.25, 0.3) is 11.1 Å². The van der Waals surface area contributed by atoms with E-state index in [0.717, 1.165) is 28.3 Å². The SMILES string of the molecule is CC(CN(C)Cc1ccc(-c2ccc(Cl)cc2)cc1)C(=O)O. The fourth-order valence-electron chi connectivity index (χ4n) is 2.37. The summed E-state index contributed by atoms with van der Waals surface area (Å²) in [5, 5.41) is 9.67. The Bertz CT molecular complexity index is 623. The third-order valence-corrected chi connectivity index (χ3v) is 3.84. The number of carboxylic acids is 1. The highest BCUT2D eigenvalue weighted by Gasteiger charge is 2.13. The predicted octanol–water partition coefficient (Wildman–Crippen LogP) is 4.16. The summed E-state index contributed by atoms with van der Waals surface area (Å²) in [6, 6.07) is 16.1. The molecule has 0 aromatic heterocycles. The minimum Gasteiger partial charge on any atom is -0.481 e. The fourth-order valence-corrected chi connectivity index (χ4v) is 2.49. The van der Waals surface area contributed by atoms with Gasteiger partial charge in [-0.25, -0.2) is 0 Å². The lowest BCUT2D eigenvalue weighted by atomic mass is 10.0. The molecule has 0 fully saturated rings. The van der Waals surface area contributed by atoms with Crippen LogP contribution < -0.4 is 0 Å². The fraction of sp³-hybridized carbons (Fsp3) is 0.278. The molecule has 116 valence electrons. The molecule has 1 atom stereocenters. The van der Waals surface area contributed by atoms with E-state index in [-0.39, 0.29) is 5.92 Å². The van der Waals surface area contributed by atoms with Gasteiger partial charge >= 0.3 is 5.97 Å². The van der Waals surface area contributed by atoms with Gasteiger partial charge in [0, 0.05) is 18.1 Å². The highest BCUT2D eigenvalue weighted by molar-refractivity contribution is 6.30. The van der Waals surface area contributed by atoms with Gasteiger partial charge < -0.3 is 10.0 Å². The van der Waals surface area contributed by atoms with Gasteiger partial charge in [-0.1, -0.05) is 54.9 Å². The average Bonchev–Trinajstić information content (AvgIpc) is 2.48. The maximum Gasteiger partial charge on any atom is 0.307 e. The number of hydrogen-bond donors (Lipinski definition) is 1. The Morgan fingerprint density at radius 2 is 1.59 bits per heavy atom. The Morgan fingerprint density at radius 1 is 1.09 bits per heavy atom. The van der Waals surface area contributed by atoms with Gasteiger partial charge in [0.2, 0.25) is 0 Å². The van der Waals surface area contributed by atoms with Crippen LogP contribution in [0.1, 0.15) is 12.5 Å². The number of carbonyl (C=O) groups is 1. The van der Waals surface area contributed by atoms with Crippen LogP contribution >= 0.6 is 11.6 Å². The molecule has 0 radical (unpaired) electrons. The molecule has 1 N–H and O–H groups in total. The molecule has 2 aromatic rings. The van der Waals surface area contributed by atoms with Crippen molar-refractivity contribution in [2.75, 3.05) is 13.6 Å². The van der Waals surface area contributed by atoms with E-state index in [0.29, 0.717) is 6.54 Å². The van der Waals surface area contributed by atoms with Crippen LogP contribution in [-0.2, 0) is 11.3 Å². The summed E-state index contributed by atoms with van der Waals surface area (Å²) in [6.45, 7) is 3.00. The lowest BCUT2D eigenvalue weighted by molar-refractivity contribution is -0.141. The predicted molar refractivity (Wildman–Crippen MR) is 90.0 cm³/mol. The van der Waals surface area contributed by atoms with Crippen molar-refractivity contribution in [1.82, 2.24) is 4.90 Å². The van der Waals surface area contributed by atoms with Gasteiger partial charge in [-0.3, -0.25) is 4.79 Å². The van der Waals surface area contributed by atoms with Gasteiger partial charge in [-0.15, -0.1) is 0 Å². The molecule has 0 saturated heterocycles. The van der Waals surface area contributed by atoms with Gasteiger partial charge in [-0.05, 0) is 35.9 Å². The van der Waals surface area contributed by atoms with E-state index >= 15 is 0 Å². The monoisotopic (exact) mass is 317 g/mol. The van der Waals surface area contributed by atoms with E-state index in [9.17, 15) is 4.79 Å². The zero-order valence-electron chi connectivity index (χ0n) is 12.8. The number of nitrogens with zero attached hydrogens (tertiary/aromatic N) is 1. The highest BCUT2D eigenvalue weighted by atomic mass is 35.5. The lowest BCUT2D eigenvalue weighted by Crippen LogP contribution is -2.28. The average molecular weight is 318 g/mol. The largest absolute Gasteiger partial charge is 0.481 e. The molecule has 0 amide bonds. The van der Waals surface area contributed by atoms with E-state index in [1.807, 2.05) is 36.2 Å². The second-order valence-electron chi connectivity index (χ2n) is 5.64. The van der Waals surface area contributed by atoms with Crippen LogP contribution in [-0.4, -0.2) is 29.6 Å². The molecule has 22 heavy (non-hydrogen) atoms. The van der Waals surface area contributed by atoms with Crippen LogP contribution in [0.3, 0.4) is 0 Å². The maximum atomic E-state index is 10.9. The molecule has 0 spiro atoms. The normalized spacial score (nSPS) is 12.4. The van der Waals surface area contributed by atoms with Crippen molar-refractivity contribution in [3.8, 4) is 11.1 Å². The summed E-state index contributed by atoms with van der Waals surface area (Å²) in [4.78, 5) is 12.9. The van der Waals surface area contributed by atoms with Gasteiger partial charge in [0.25, 0.3) is 0 Å². The van der Waals surface area contributed by atoms with E-state index in [1.54, 1.807) is 6.92 Å². The number of aliphatic carboxylic acids is 1. The summed E-state index contributed by atoms with van der Waals surface area (Å²) < 4.78 is 0. The van der Waals surface area contributed by atoms with E-state index in [4.69, 9.17) is 16.7 Å². The first-order valence-corrected chi connectivity index (χ1v) is 7.59. The first kappa shape index (κ1) is 16.5. The third kappa shape index (κ3) is 4.58. The molecule has 0 aliphatic carbocycles. The van der Waals surface area contributed by atoms with Crippen molar-refractivity contribution in [3.05, 3.63) is 59.1 Å². The minimum absolute atomic E-state index is 0.363. The summed E-state index contributed by atoms with van der Waals surface area (Å²) in [7, 11) is 1.94. The second-order valence-corrected chi connectivity index (χ2v) is 6.08. The van der Waals surface area contributed by atoms with E-state index < -0.39 is 5.97 Å². The Labute approximate surface area is 136 Å². The minimum atomic E-state index is -0.759. The van der Waals surface area contributed by atoms with Crippen molar-refractivity contribution in [3.63, 3.8) is 0 Å². The Kier molecular flexibility index (Phi) is 5.58. The summed E-state index contributed by atoms with van der Waals surface area (Å²) in [5.74, 6) is -1.12. The molecular weight excluding hydrogens is 298 g/mol. The molecule has 2 aromatic carbocycles. The smallest absolute Gasteiger partial charge is 0.307 e. The van der Waals surface area contributed by atoms with Crippen molar-refractivity contribution in [1.29, 1.82) is 0 Å². The highest BCUT2D eigenvalue weighted by Crippen LogP contribution is 2.22. The summed E-state index contributed by atoms with van der Waals surface area (Å²) in [5.41, 5.74) is 3.43. The van der Waals surface area contributed by atoms with Crippen molar-refractivity contribution < 1.29 is 9.90 Å². The second kappa shape index (κ2) is 7.43. The summed E-state index contributed by atoms with van der Waals surface area (Å²) in [6.07, 6.45) is 0. The van der Waals surface area contributed by atoms with Crippen LogP contribution in [0, 0.1) is 5.92 Å². The number of benzene rings is 2. The zero-order chi connectivity index (χ0) is 16.1. The number of carboxylic acid groups (broad SMARTS) is 1. The van der Waals surface area contributed by atoms with Crippen molar-refractivity contribution in [2.45, 2.75) is 13.5 Å².